The number of nitrogens with one attached hydrogen (secondary N) is 1. The fourth-order valence-electron chi connectivity index (χ4n) is 1.13. The minimum absolute atomic E-state index is 0.320. The van der Waals surface area contributed by atoms with E-state index < -0.39 is 11.7 Å². The van der Waals surface area contributed by atoms with Crippen molar-refractivity contribution in [3.8, 4) is 5.75 Å². The van der Waals surface area contributed by atoms with Gasteiger partial charge < -0.3 is 10.1 Å². The Morgan fingerprint density at radius 1 is 1.44 bits per heavy atom. The minimum atomic E-state index is -0.577. The molecule has 4 nitrogen and oxygen atoms in total. The van der Waals surface area contributed by atoms with E-state index in [0.717, 1.165) is 15.8 Å². The standard InChI is InChI=1S/C11H12BrNO3/c1-7(14)11(15)13-6-8-3-4-10(16-2)9(12)5-8/h3-5H,6H2,1-2H3,(H,13,15). The zero-order valence-corrected chi connectivity index (χ0v) is 10.6. The van der Waals surface area contributed by atoms with Gasteiger partial charge in [0.05, 0.1) is 11.6 Å². The molecule has 1 aromatic carbocycles. The minimum Gasteiger partial charge on any atom is -0.496 e. The van der Waals surface area contributed by atoms with Gasteiger partial charge in [-0.3, -0.25) is 9.59 Å². The lowest BCUT2D eigenvalue weighted by Crippen LogP contribution is -2.28. The highest BCUT2D eigenvalue weighted by Crippen LogP contribution is 2.25. The number of hydrogen-bond donors (Lipinski definition) is 1. The molecule has 5 heteroatoms. The monoisotopic (exact) mass is 285 g/mol. The van der Waals surface area contributed by atoms with Crippen LogP contribution < -0.4 is 10.1 Å². The molecule has 1 N–H and O–H groups in total. The van der Waals surface area contributed by atoms with Crippen molar-refractivity contribution in [2.45, 2.75) is 13.5 Å². The Kier molecular flexibility index (Phi) is 4.49. The molecule has 0 aliphatic heterocycles. The van der Waals surface area contributed by atoms with Gasteiger partial charge in [-0.05, 0) is 33.6 Å². The molecule has 86 valence electrons. The quantitative estimate of drug-likeness (QED) is 0.856. The molecule has 0 heterocycles. The smallest absolute Gasteiger partial charge is 0.287 e. The van der Waals surface area contributed by atoms with Crippen LogP contribution in [0.5, 0.6) is 5.75 Å². The van der Waals surface area contributed by atoms with Crippen molar-refractivity contribution >= 4 is 27.6 Å². The van der Waals surface area contributed by atoms with Gasteiger partial charge in [0.15, 0.2) is 0 Å². The number of halogens is 1. The molecule has 0 radical (unpaired) electrons. The van der Waals surface area contributed by atoms with E-state index >= 15 is 0 Å². The van der Waals surface area contributed by atoms with Crippen LogP contribution in [0, 0.1) is 0 Å². The summed E-state index contributed by atoms with van der Waals surface area (Å²) in [7, 11) is 1.58. The fraction of sp³-hybridized carbons (Fsp3) is 0.273. The number of carbonyl (C=O) groups is 2. The van der Waals surface area contributed by atoms with Crippen LogP contribution in [0.15, 0.2) is 22.7 Å². The summed E-state index contributed by atoms with van der Waals surface area (Å²) in [6, 6.07) is 5.45. The number of methoxy groups -OCH3 is 1. The lowest BCUT2D eigenvalue weighted by Gasteiger charge is -2.06. The number of amides is 1. The highest BCUT2D eigenvalue weighted by Gasteiger charge is 2.07. The summed E-state index contributed by atoms with van der Waals surface area (Å²) in [6.07, 6.45) is 0. The zero-order valence-electron chi connectivity index (χ0n) is 9.04. The van der Waals surface area contributed by atoms with Crippen molar-refractivity contribution in [1.82, 2.24) is 5.32 Å². The van der Waals surface area contributed by atoms with Gasteiger partial charge in [-0.1, -0.05) is 6.07 Å². The maximum Gasteiger partial charge on any atom is 0.287 e. The van der Waals surface area contributed by atoms with Crippen LogP contribution in [-0.2, 0) is 16.1 Å². The summed E-state index contributed by atoms with van der Waals surface area (Å²) in [5.74, 6) is -0.346. The highest BCUT2D eigenvalue weighted by atomic mass is 79.9. The molecule has 0 fully saturated rings. The van der Waals surface area contributed by atoms with E-state index in [-0.39, 0.29) is 0 Å². The number of ether oxygens (including phenoxy) is 1. The predicted octanol–water partition coefficient (Wildman–Crippen LogP) is 1.66. The fourth-order valence-corrected chi connectivity index (χ4v) is 1.71. The predicted molar refractivity (Wildman–Crippen MR) is 63.2 cm³/mol. The molecule has 1 amide bonds. The first kappa shape index (κ1) is 12.7. The van der Waals surface area contributed by atoms with Crippen LogP contribution in [0.25, 0.3) is 0 Å². The van der Waals surface area contributed by atoms with E-state index in [2.05, 4.69) is 21.2 Å². The van der Waals surface area contributed by atoms with Crippen molar-refractivity contribution in [3.63, 3.8) is 0 Å². The van der Waals surface area contributed by atoms with Crippen LogP contribution in [0.1, 0.15) is 12.5 Å². The van der Waals surface area contributed by atoms with E-state index in [1.165, 1.54) is 6.92 Å². The summed E-state index contributed by atoms with van der Waals surface area (Å²) < 4.78 is 5.89. The topological polar surface area (TPSA) is 55.4 Å². The van der Waals surface area contributed by atoms with Crippen LogP contribution in [-0.4, -0.2) is 18.8 Å². The molecular weight excluding hydrogens is 274 g/mol. The maximum atomic E-state index is 11.0. The Hall–Kier alpha value is -1.36. The summed E-state index contributed by atoms with van der Waals surface area (Å²) in [6.45, 7) is 1.56. The van der Waals surface area contributed by atoms with Crippen molar-refractivity contribution in [3.05, 3.63) is 28.2 Å². The van der Waals surface area contributed by atoms with Gasteiger partial charge in [0, 0.05) is 13.5 Å². The molecule has 0 saturated carbocycles. The Morgan fingerprint density at radius 2 is 2.12 bits per heavy atom. The third-order valence-corrected chi connectivity index (χ3v) is 2.61. The van der Waals surface area contributed by atoms with Gasteiger partial charge in [-0.2, -0.15) is 0 Å². The van der Waals surface area contributed by atoms with Crippen LogP contribution in [0.4, 0.5) is 0 Å². The molecule has 16 heavy (non-hydrogen) atoms. The van der Waals surface area contributed by atoms with Gasteiger partial charge >= 0.3 is 0 Å². The molecule has 0 spiro atoms. The summed E-state index contributed by atoms with van der Waals surface area (Å²) in [5, 5.41) is 2.51. The normalized spacial score (nSPS) is 9.69. The second-order valence-corrected chi connectivity index (χ2v) is 4.06. The SMILES string of the molecule is COc1ccc(CNC(=O)C(C)=O)cc1Br. The van der Waals surface area contributed by atoms with Crippen molar-refractivity contribution < 1.29 is 14.3 Å². The number of rotatable bonds is 4. The second-order valence-electron chi connectivity index (χ2n) is 3.21. The van der Waals surface area contributed by atoms with E-state index in [1.807, 2.05) is 12.1 Å². The molecular formula is C11H12BrNO3. The average molecular weight is 286 g/mol. The van der Waals surface area contributed by atoms with Crippen molar-refractivity contribution in [2.24, 2.45) is 0 Å². The highest BCUT2D eigenvalue weighted by molar-refractivity contribution is 9.10. The first-order chi connectivity index (χ1) is 7.54. The first-order valence-corrected chi connectivity index (χ1v) is 5.45. The summed E-state index contributed by atoms with van der Waals surface area (Å²) in [5.41, 5.74) is 0.891. The lowest BCUT2D eigenvalue weighted by molar-refractivity contribution is -0.136. The van der Waals surface area contributed by atoms with Gasteiger partial charge in [-0.25, -0.2) is 0 Å². The van der Waals surface area contributed by atoms with Crippen LogP contribution in [0.2, 0.25) is 0 Å². The van der Waals surface area contributed by atoms with Crippen LogP contribution in [0.3, 0.4) is 0 Å². The van der Waals surface area contributed by atoms with Gasteiger partial charge in [0.2, 0.25) is 5.78 Å². The molecule has 0 aliphatic carbocycles. The first-order valence-electron chi connectivity index (χ1n) is 4.65. The van der Waals surface area contributed by atoms with Gasteiger partial charge in [0.25, 0.3) is 5.91 Å². The van der Waals surface area contributed by atoms with E-state index in [9.17, 15) is 9.59 Å². The molecule has 0 bridgehead atoms. The van der Waals surface area contributed by atoms with E-state index in [0.29, 0.717) is 6.54 Å². The van der Waals surface area contributed by atoms with Crippen LogP contribution >= 0.6 is 15.9 Å². The molecule has 0 saturated heterocycles. The summed E-state index contributed by atoms with van der Waals surface area (Å²) >= 11 is 3.34. The van der Waals surface area contributed by atoms with Gasteiger partial charge in [0.1, 0.15) is 5.75 Å². The average Bonchev–Trinajstić information content (AvgIpc) is 2.25. The molecule has 0 aliphatic rings. The third kappa shape index (κ3) is 3.34. The maximum absolute atomic E-state index is 11.0. The Labute approximate surface area is 102 Å². The number of Topliss-reactive ketones (excluding diaryl/α,β-unsaturated/α-hetero) is 1. The number of hydrogen-bond acceptors (Lipinski definition) is 3. The summed E-state index contributed by atoms with van der Waals surface area (Å²) in [4.78, 5) is 21.7. The van der Waals surface area contributed by atoms with E-state index in [4.69, 9.17) is 4.74 Å². The zero-order chi connectivity index (χ0) is 12.1. The van der Waals surface area contributed by atoms with Crippen molar-refractivity contribution in [2.75, 3.05) is 7.11 Å². The Morgan fingerprint density at radius 3 is 2.62 bits per heavy atom. The number of carbonyl (C=O) groups excluding carboxylic acids is 2. The lowest BCUT2D eigenvalue weighted by atomic mass is 10.2. The molecule has 0 atom stereocenters. The van der Waals surface area contributed by atoms with Gasteiger partial charge in [-0.15, -0.1) is 0 Å². The molecule has 0 aromatic heterocycles. The van der Waals surface area contributed by atoms with E-state index in [1.54, 1.807) is 13.2 Å². The molecule has 0 unspecified atom stereocenters. The Balaban J connectivity index is 2.65. The second kappa shape index (κ2) is 5.65. The van der Waals surface area contributed by atoms with Crippen molar-refractivity contribution in [1.29, 1.82) is 0 Å². The molecule has 1 aromatic rings. The largest absolute Gasteiger partial charge is 0.496 e. The molecule has 1 rings (SSSR count). The number of ketones is 1. The number of benzene rings is 1. The third-order valence-electron chi connectivity index (χ3n) is 1.99. The Bertz CT molecular complexity index is 418.